The van der Waals surface area contributed by atoms with Gasteiger partial charge in [-0.25, -0.2) is 0 Å². The van der Waals surface area contributed by atoms with Crippen LogP contribution in [0, 0.1) is 0 Å². The Labute approximate surface area is 211 Å². The second-order valence-corrected chi connectivity index (χ2v) is 8.88. The molecule has 0 heterocycles. The highest BCUT2D eigenvalue weighted by molar-refractivity contribution is 5.66. The molecule has 0 aromatic rings. The average molecular weight is 469 g/mol. The number of hydrogen-bond acceptors (Lipinski definition) is 1. The Morgan fingerprint density at radius 3 is 1.18 bits per heavy atom. The number of rotatable bonds is 24. The molecule has 0 aliphatic heterocycles. The first kappa shape index (κ1) is 31.9. The van der Waals surface area contributed by atoms with Crippen molar-refractivity contribution < 1.29 is 9.90 Å². The first-order valence-corrected chi connectivity index (χ1v) is 13.9. The largest absolute Gasteiger partial charge is 0.481 e. The molecule has 192 valence electrons. The fourth-order valence-corrected chi connectivity index (χ4v) is 3.59. The molecular formula is C32H52O2. The highest BCUT2D eigenvalue weighted by Gasteiger charge is 1.96. The van der Waals surface area contributed by atoms with E-state index in [1.165, 1.54) is 57.8 Å². The number of unbranched alkanes of at least 4 members (excludes halogenated alkanes) is 10. The molecule has 0 aromatic heterocycles. The van der Waals surface area contributed by atoms with Crippen LogP contribution in [0.4, 0.5) is 0 Å². The SMILES string of the molecule is CC/C=C\C/C=C\C/C=C\C/C=C\C/C=C\C/C=C\CCCCCCCCCCCCC(=O)O. The second kappa shape index (κ2) is 28.9. The summed E-state index contributed by atoms with van der Waals surface area (Å²) in [6.45, 7) is 2.16. The fourth-order valence-electron chi connectivity index (χ4n) is 3.59. The van der Waals surface area contributed by atoms with Crippen molar-refractivity contribution in [2.45, 2.75) is 122 Å². The van der Waals surface area contributed by atoms with Crippen LogP contribution in [0.3, 0.4) is 0 Å². The number of allylic oxidation sites excluding steroid dienone is 12. The van der Waals surface area contributed by atoms with E-state index in [1.807, 2.05) is 0 Å². The summed E-state index contributed by atoms with van der Waals surface area (Å²) < 4.78 is 0. The Hall–Kier alpha value is -2.09. The first-order chi connectivity index (χ1) is 16.8. The van der Waals surface area contributed by atoms with Gasteiger partial charge in [-0.1, -0.05) is 131 Å². The highest BCUT2D eigenvalue weighted by atomic mass is 16.4. The van der Waals surface area contributed by atoms with Gasteiger partial charge in [0.15, 0.2) is 0 Å². The zero-order valence-electron chi connectivity index (χ0n) is 22.0. The summed E-state index contributed by atoms with van der Waals surface area (Å²) in [5.41, 5.74) is 0. The van der Waals surface area contributed by atoms with E-state index in [9.17, 15) is 4.79 Å². The van der Waals surface area contributed by atoms with Crippen molar-refractivity contribution in [3.05, 3.63) is 72.9 Å². The maximum atomic E-state index is 10.4. The monoisotopic (exact) mass is 468 g/mol. The molecule has 34 heavy (non-hydrogen) atoms. The Balaban J connectivity index is 3.36. The Morgan fingerprint density at radius 1 is 0.471 bits per heavy atom. The third-order valence-corrected chi connectivity index (χ3v) is 5.61. The maximum absolute atomic E-state index is 10.4. The molecule has 0 saturated carbocycles. The summed E-state index contributed by atoms with van der Waals surface area (Å²) in [6, 6.07) is 0. The van der Waals surface area contributed by atoms with Crippen molar-refractivity contribution in [2.75, 3.05) is 0 Å². The molecule has 0 fully saturated rings. The van der Waals surface area contributed by atoms with E-state index in [-0.39, 0.29) is 0 Å². The maximum Gasteiger partial charge on any atom is 0.303 e. The zero-order valence-corrected chi connectivity index (χ0v) is 22.0. The molecule has 0 unspecified atom stereocenters. The molecule has 2 nitrogen and oxygen atoms in total. The summed E-state index contributed by atoms with van der Waals surface area (Å²) in [5.74, 6) is -0.663. The lowest BCUT2D eigenvalue weighted by atomic mass is 10.1. The quantitative estimate of drug-likeness (QED) is 0.113. The minimum Gasteiger partial charge on any atom is -0.481 e. The van der Waals surface area contributed by atoms with Crippen LogP contribution in [-0.2, 0) is 4.79 Å². The molecule has 0 bridgehead atoms. The molecule has 0 aliphatic rings. The number of carboxylic acids is 1. The molecule has 0 spiro atoms. The van der Waals surface area contributed by atoms with Crippen molar-refractivity contribution in [1.29, 1.82) is 0 Å². The first-order valence-electron chi connectivity index (χ1n) is 13.9. The summed E-state index contributed by atoms with van der Waals surface area (Å²) in [4.78, 5) is 10.4. The van der Waals surface area contributed by atoms with Crippen LogP contribution in [-0.4, -0.2) is 11.1 Å². The predicted molar refractivity (Wildman–Crippen MR) is 151 cm³/mol. The third kappa shape index (κ3) is 29.9. The lowest BCUT2D eigenvalue weighted by molar-refractivity contribution is -0.137. The van der Waals surface area contributed by atoms with Gasteiger partial charge in [-0.2, -0.15) is 0 Å². The van der Waals surface area contributed by atoms with Crippen molar-refractivity contribution in [2.24, 2.45) is 0 Å². The van der Waals surface area contributed by atoms with E-state index < -0.39 is 5.97 Å². The van der Waals surface area contributed by atoms with E-state index in [0.29, 0.717) is 6.42 Å². The summed E-state index contributed by atoms with van der Waals surface area (Å²) >= 11 is 0. The van der Waals surface area contributed by atoms with Crippen molar-refractivity contribution in [1.82, 2.24) is 0 Å². The standard InChI is InChI=1S/C32H52O2/c1-2-3-4-5-6-7-8-9-10-11-12-13-14-15-16-17-18-19-20-21-22-23-24-25-26-27-28-29-30-31-32(33)34/h3-4,6-7,9-10,12-13,15-16,18-19H,2,5,8,11,14,17,20-31H2,1H3,(H,33,34)/b4-3-,7-6-,10-9-,13-12-,16-15-,19-18-. The molecule has 0 amide bonds. The van der Waals surface area contributed by atoms with Crippen LogP contribution >= 0.6 is 0 Å². The van der Waals surface area contributed by atoms with Crippen LogP contribution in [0.5, 0.6) is 0 Å². The molecule has 0 aromatic carbocycles. The fraction of sp³-hybridized carbons (Fsp3) is 0.594. The molecule has 1 N–H and O–H groups in total. The molecular weight excluding hydrogens is 416 g/mol. The van der Waals surface area contributed by atoms with Gasteiger partial charge in [-0.15, -0.1) is 0 Å². The van der Waals surface area contributed by atoms with Gasteiger partial charge in [0.2, 0.25) is 0 Å². The van der Waals surface area contributed by atoms with Crippen molar-refractivity contribution in [3.63, 3.8) is 0 Å². The van der Waals surface area contributed by atoms with E-state index in [2.05, 4.69) is 79.8 Å². The van der Waals surface area contributed by atoms with E-state index in [0.717, 1.165) is 51.4 Å². The Kier molecular flexibility index (Phi) is 27.2. The van der Waals surface area contributed by atoms with Gasteiger partial charge in [0, 0.05) is 6.42 Å². The van der Waals surface area contributed by atoms with E-state index in [1.54, 1.807) is 0 Å². The number of hydrogen-bond donors (Lipinski definition) is 1. The van der Waals surface area contributed by atoms with Gasteiger partial charge in [0.05, 0.1) is 0 Å². The van der Waals surface area contributed by atoms with Crippen molar-refractivity contribution >= 4 is 5.97 Å². The molecule has 2 heteroatoms. The Bertz CT molecular complexity index is 605. The smallest absolute Gasteiger partial charge is 0.303 e. The summed E-state index contributed by atoms with van der Waals surface area (Å²) in [7, 11) is 0. The van der Waals surface area contributed by atoms with Gasteiger partial charge in [0.1, 0.15) is 0 Å². The minimum atomic E-state index is -0.663. The summed E-state index contributed by atoms with van der Waals surface area (Å²) in [6.07, 6.45) is 47.1. The van der Waals surface area contributed by atoms with E-state index >= 15 is 0 Å². The van der Waals surface area contributed by atoms with Gasteiger partial charge in [-0.3, -0.25) is 4.79 Å². The van der Waals surface area contributed by atoms with Crippen molar-refractivity contribution in [3.8, 4) is 0 Å². The molecule has 0 radical (unpaired) electrons. The second-order valence-electron chi connectivity index (χ2n) is 8.88. The summed E-state index contributed by atoms with van der Waals surface area (Å²) in [5, 5.41) is 8.60. The van der Waals surface area contributed by atoms with Crippen LogP contribution in [0.2, 0.25) is 0 Å². The third-order valence-electron chi connectivity index (χ3n) is 5.61. The lowest BCUT2D eigenvalue weighted by Gasteiger charge is -2.01. The lowest BCUT2D eigenvalue weighted by Crippen LogP contribution is -1.93. The van der Waals surface area contributed by atoms with Gasteiger partial charge in [0.25, 0.3) is 0 Å². The molecule has 0 rings (SSSR count). The molecule has 0 atom stereocenters. The Morgan fingerprint density at radius 2 is 0.794 bits per heavy atom. The molecule has 0 saturated heterocycles. The van der Waals surface area contributed by atoms with Crippen LogP contribution in [0.15, 0.2) is 72.9 Å². The zero-order chi connectivity index (χ0) is 24.8. The van der Waals surface area contributed by atoms with Gasteiger partial charge >= 0.3 is 5.97 Å². The number of carbonyl (C=O) groups is 1. The normalized spacial score (nSPS) is 12.7. The topological polar surface area (TPSA) is 37.3 Å². The van der Waals surface area contributed by atoms with Crippen LogP contribution in [0.25, 0.3) is 0 Å². The number of aliphatic carboxylic acids is 1. The predicted octanol–water partition coefficient (Wildman–Crippen LogP) is 10.4. The van der Waals surface area contributed by atoms with Crippen LogP contribution < -0.4 is 0 Å². The average Bonchev–Trinajstić information content (AvgIpc) is 2.83. The highest BCUT2D eigenvalue weighted by Crippen LogP contribution is 2.12. The van der Waals surface area contributed by atoms with E-state index in [4.69, 9.17) is 5.11 Å². The molecule has 0 aliphatic carbocycles. The number of carboxylic acid groups (broad SMARTS) is 1. The van der Waals surface area contributed by atoms with Gasteiger partial charge in [-0.05, 0) is 57.8 Å². The van der Waals surface area contributed by atoms with Crippen LogP contribution in [0.1, 0.15) is 122 Å². The van der Waals surface area contributed by atoms with Gasteiger partial charge < -0.3 is 5.11 Å². The minimum absolute atomic E-state index is 0.330.